The van der Waals surface area contributed by atoms with Crippen molar-refractivity contribution in [1.29, 1.82) is 0 Å². The van der Waals surface area contributed by atoms with Gasteiger partial charge in [0.25, 0.3) is 0 Å². The van der Waals surface area contributed by atoms with Crippen LogP contribution in [0.5, 0.6) is 0 Å². The van der Waals surface area contributed by atoms with Crippen LogP contribution < -0.4 is 0 Å². The molecule has 68 valence electrons. The van der Waals surface area contributed by atoms with Gasteiger partial charge in [0, 0.05) is 16.4 Å². The zero-order chi connectivity index (χ0) is 19.4. The van der Waals surface area contributed by atoms with E-state index in [9.17, 15) is 0 Å². The first-order valence-corrected chi connectivity index (χ1v) is 3.91. The molecule has 2 rings (SSSR count). The fraction of sp³-hybridized carbons (Fsp3) is 0.833. The van der Waals surface area contributed by atoms with Crippen LogP contribution >= 0.6 is 0 Å². The summed E-state index contributed by atoms with van der Waals surface area (Å²) in [5.41, 5.74) is -0.562. The second kappa shape index (κ2) is 3.24. The van der Waals surface area contributed by atoms with Gasteiger partial charge in [0.15, 0.2) is 0 Å². The average molecular weight is 176 g/mol. The molecule has 0 heterocycles. The summed E-state index contributed by atoms with van der Waals surface area (Å²) in [4.78, 5) is 0. The van der Waals surface area contributed by atoms with Crippen LogP contribution in [-0.2, 0) is 0 Å². The Bertz CT molecular complexity index is 601. The lowest BCUT2D eigenvalue weighted by atomic mass is 9.68. The van der Waals surface area contributed by atoms with Gasteiger partial charge in [-0.25, -0.2) is 0 Å². The van der Waals surface area contributed by atoms with E-state index in [1.165, 1.54) is 0 Å². The van der Waals surface area contributed by atoms with E-state index in [1.807, 2.05) is 0 Å². The molecule has 0 aliphatic heterocycles. The summed E-state index contributed by atoms with van der Waals surface area (Å²) in [6.07, 6.45) is -13.7. The third-order valence-corrected chi connectivity index (χ3v) is 2.14. The quantitative estimate of drug-likeness (QED) is 0.493. The Morgan fingerprint density at radius 1 is 1.42 bits per heavy atom. The molecule has 4 atom stereocenters. The van der Waals surface area contributed by atoms with Gasteiger partial charge in [-0.3, -0.25) is 0 Å². The first kappa shape index (κ1) is 2.21. The van der Waals surface area contributed by atoms with Crippen molar-refractivity contribution in [2.24, 2.45) is 17.7 Å². The molecule has 0 heteroatoms. The fourth-order valence-electron chi connectivity index (χ4n) is 1.25. The Morgan fingerprint density at radius 2 is 2.25 bits per heavy atom. The highest BCUT2D eigenvalue weighted by Gasteiger charge is 2.30. The standard InChI is InChI=1S/C12H20/c1-9-7-8-11-5-3-4-6-12(11)10(9)2/h6,9-11H,3-5,7-8H2,1-2H3/i3D2,4D,5D2,7D2,8D2,9D,10D,11D. The van der Waals surface area contributed by atoms with Crippen molar-refractivity contribution in [3.8, 4) is 0 Å². The smallest absolute Gasteiger partial charge is 0.0349 e. The van der Waals surface area contributed by atoms with E-state index >= 15 is 0 Å². The van der Waals surface area contributed by atoms with Crippen LogP contribution in [0.3, 0.4) is 0 Å². The van der Waals surface area contributed by atoms with E-state index in [0.29, 0.717) is 0 Å². The van der Waals surface area contributed by atoms with Gasteiger partial charge in [0.05, 0.1) is 0 Å². The molecule has 0 aromatic carbocycles. The molecule has 0 aromatic rings. The second-order valence-electron chi connectivity index (χ2n) is 2.89. The van der Waals surface area contributed by atoms with Gasteiger partial charge in [-0.2, -0.15) is 0 Å². The Morgan fingerprint density at radius 3 is 3.08 bits per heavy atom. The Kier molecular flexibility index (Phi) is 0.597. The first-order valence-electron chi connectivity index (χ1n) is 9.99. The lowest BCUT2D eigenvalue weighted by Crippen LogP contribution is -2.25. The zero-order valence-corrected chi connectivity index (χ0v) is 7.15. The molecule has 0 amide bonds. The van der Waals surface area contributed by atoms with E-state index in [4.69, 9.17) is 16.4 Å². The third kappa shape index (κ3) is 1.32. The highest BCUT2D eigenvalue weighted by molar-refractivity contribution is 5.16. The van der Waals surface area contributed by atoms with Gasteiger partial charge < -0.3 is 0 Å². The Balaban J connectivity index is 3.00. The normalized spacial score (nSPS) is 97.8. The minimum absolute atomic E-state index is 0.562. The number of hydrogen-bond acceptors (Lipinski definition) is 0. The van der Waals surface area contributed by atoms with Gasteiger partial charge in [0.1, 0.15) is 0 Å². The van der Waals surface area contributed by atoms with E-state index in [1.54, 1.807) is 0 Å². The molecular weight excluding hydrogens is 144 g/mol. The van der Waals surface area contributed by atoms with Gasteiger partial charge >= 0.3 is 0 Å². The maximum atomic E-state index is 8.53. The Labute approximate surface area is 92.9 Å². The SMILES string of the molecule is [2H]C1C=C2C([2H])(C)C([2H])(C)C([2H])([2H])C([2H])([2H])C2([2H])C([2H])([2H])C1([2H])[2H]. The minimum Gasteiger partial charge on any atom is -0.0848 e. The molecule has 2 aliphatic carbocycles. The number of rotatable bonds is 0. The van der Waals surface area contributed by atoms with E-state index in [0.717, 1.165) is 19.9 Å². The van der Waals surface area contributed by atoms with Gasteiger partial charge in [-0.1, -0.05) is 25.5 Å². The molecule has 0 spiro atoms. The molecule has 0 saturated heterocycles. The van der Waals surface area contributed by atoms with Crippen molar-refractivity contribution in [2.75, 3.05) is 0 Å². The summed E-state index contributed by atoms with van der Waals surface area (Å²) in [6.45, 7) is 2.10. The molecule has 12 heavy (non-hydrogen) atoms. The summed E-state index contributed by atoms with van der Waals surface area (Å²) in [6, 6.07) is 0. The number of hydrogen-bond donors (Lipinski definition) is 0. The van der Waals surface area contributed by atoms with E-state index in [2.05, 4.69) is 0 Å². The predicted octanol–water partition coefficient (Wildman–Crippen LogP) is 3.78. The highest BCUT2D eigenvalue weighted by atomic mass is 14.3. The summed E-state index contributed by atoms with van der Waals surface area (Å²) in [7, 11) is 0. The van der Waals surface area contributed by atoms with Crippen molar-refractivity contribution in [3.05, 3.63) is 11.6 Å². The molecule has 0 nitrogen and oxygen atoms in total. The van der Waals surface area contributed by atoms with Crippen LogP contribution in [0.1, 0.15) is 62.2 Å². The van der Waals surface area contributed by atoms with Crippen LogP contribution in [0.15, 0.2) is 11.6 Å². The summed E-state index contributed by atoms with van der Waals surface area (Å²) >= 11 is 0. The molecule has 1 saturated carbocycles. The average Bonchev–Trinajstić information content (AvgIpc) is 2.39. The molecule has 4 unspecified atom stereocenters. The first-order chi connectivity index (χ1) is 10.3. The number of allylic oxidation sites excluding steroid dienone is 2. The predicted molar refractivity (Wildman–Crippen MR) is 53.0 cm³/mol. The summed E-state index contributed by atoms with van der Waals surface area (Å²) in [5.74, 6) is -7.71. The van der Waals surface area contributed by atoms with Crippen LogP contribution in [0.4, 0.5) is 0 Å². The Hall–Kier alpha value is -0.260. The molecule has 0 radical (unpaired) electrons. The monoisotopic (exact) mass is 176 g/mol. The fourth-order valence-corrected chi connectivity index (χ4v) is 1.25. The molecule has 1 fully saturated rings. The van der Waals surface area contributed by atoms with Gasteiger partial charge in [-0.05, 0) is 49.6 Å². The molecule has 0 bridgehead atoms. The lowest BCUT2D eigenvalue weighted by molar-refractivity contribution is 0.270. The van der Waals surface area contributed by atoms with Crippen molar-refractivity contribution >= 4 is 0 Å². The summed E-state index contributed by atoms with van der Waals surface area (Å²) < 4.78 is 97.6. The molecule has 2 aliphatic rings. The zero-order valence-electron chi connectivity index (χ0n) is 19.2. The topological polar surface area (TPSA) is 0 Å². The van der Waals surface area contributed by atoms with Gasteiger partial charge in [-0.15, -0.1) is 0 Å². The largest absolute Gasteiger partial charge is 0.0848 e. The maximum Gasteiger partial charge on any atom is 0.0349 e. The maximum absolute atomic E-state index is 8.53. The third-order valence-electron chi connectivity index (χ3n) is 2.14. The minimum atomic E-state index is -3.31. The molecule has 0 aromatic heterocycles. The van der Waals surface area contributed by atoms with Crippen molar-refractivity contribution < 1.29 is 16.4 Å². The van der Waals surface area contributed by atoms with Crippen LogP contribution in [0.2, 0.25) is 0 Å². The molecule has 0 N–H and O–H groups in total. The van der Waals surface area contributed by atoms with Crippen LogP contribution in [0.25, 0.3) is 0 Å². The second-order valence-corrected chi connectivity index (χ2v) is 2.89. The molecular formula is C12H20. The van der Waals surface area contributed by atoms with Crippen molar-refractivity contribution in [3.63, 3.8) is 0 Å². The van der Waals surface area contributed by atoms with E-state index in [-0.39, 0.29) is 0 Å². The summed E-state index contributed by atoms with van der Waals surface area (Å²) in [5, 5.41) is 0. The van der Waals surface area contributed by atoms with Crippen molar-refractivity contribution in [2.45, 2.75) is 45.7 Å². The number of fused-ring (bicyclic) bond motifs is 1. The highest BCUT2D eigenvalue weighted by Crippen LogP contribution is 2.42. The van der Waals surface area contributed by atoms with Crippen molar-refractivity contribution in [1.82, 2.24) is 0 Å². The van der Waals surface area contributed by atoms with Crippen LogP contribution in [0, 0.1) is 17.7 Å². The van der Waals surface area contributed by atoms with Gasteiger partial charge in [0.2, 0.25) is 0 Å². The lowest BCUT2D eigenvalue weighted by Gasteiger charge is -2.37. The van der Waals surface area contributed by atoms with E-state index < -0.39 is 55.1 Å². The van der Waals surface area contributed by atoms with Crippen LogP contribution in [-0.4, -0.2) is 0 Å².